The first kappa shape index (κ1) is 19.9. The number of aliphatic hydroxyl groups is 1. The first-order valence-corrected chi connectivity index (χ1v) is 9.48. The predicted molar refractivity (Wildman–Crippen MR) is 111 cm³/mol. The zero-order chi connectivity index (χ0) is 19.6. The van der Waals surface area contributed by atoms with Gasteiger partial charge >= 0.3 is 0 Å². The number of nitrogens with zero attached hydrogens (tertiary/aromatic N) is 1. The van der Waals surface area contributed by atoms with Gasteiger partial charge in [0.1, 0.15) is 24.2 Å². The lowest BCUT2D eigenvalue weighted by Crippen LogP contribution is -2.35. The van der Waals surface area contributed by atoms with Crippen LogP contribution in [0.5, 0.6) is 11.5 Å². The van der Waals surface area contributed by atoms with Gasteiger partial charge in [-0.1, -0.05) is 60.7 Å². The van der Waals surface area contributed by atoms with Crippen LogP contribution in [0.25, 0.3) is 0 Å². The summed E-state index contributed by atoms with van der Waals surface area (Å²) in [6.07, 6.45) is -0.588. The third kappa shape index (κ3) is 6.41. The number of hydrogen-bond acceptors (Lipinski definition) is 4. The summed E-state index contributed by atoms with van der Waals surface area (Å²) in [5, 5.41) is 10.5. The summed E-state index contributed by atoms with van der Waals surface area (Å²) < 4.78 is 11.0. The second kappa shape index (κ2) is 10.5. The Hall–Kier alpha value is -2.82. The summed E-state index contributed by atoms with van der Waals surface area (Å²) in [7, 11) is 1.67. The molecule has 3 aromatic carbocycles. The maximum atomic E-state index is 10.5. The van der Waals surface area contributed by atoms with E-state index in [0.29, 0.717) is 13.1 Å². The molecule has 3 aromatic rings. The molecule has 0 amide bonds. The van der Waals surface area contributed by atoms with Crippen LogP contribution in [-0.2, 0) is 13.1 Å². The number of para-hydroxylation sites is 1. The van der Waals surface area contributed by atoms with E-state index < -0.39 is 6.10 Å². The number of benzene rings is 3. The van der Waals surface area contributed by atoms with Crippen LogP contribution < -0.4 is 9.47 Å². The third-order valence-corrected chi connectivity index (χ3v) is 4.44. The summed E-state index contributed by atoms with van der Waals surface area (Å²) in [5.41, 5.74) is 2.35. The Balaban J connectivity index is 1.64. The van der Waals surface area contributed by atoms with Crippen LogP contribution >= 0.6 is 0 Å². The van der Waals surface area contributed by atoms with E-state index in [0.717, 1.165) is 23.6 Å². The fourth-order valence-electron chi connectivity index (χ4n) is 3.12. The molecule has 0 unspecified atom stereocenters. The average molecular weight is 377 g/mol. The van der Waals surface area contributed by atoms with E-state index in [1.807, 2.05) is 66.7 Å². The summed E-state index contributed by atoms with van der Waals surface area (Å²) >= 11 is 0. The van der Waals surface area contributed by atoms with E-state index in [-0.39, 0.29) is 6.61 Å². The first-order valence-electron chi connectivity index (χ1n) is 9.48. The third-order valence-electron chi connectivity index (χ3n) is 4.44. The van der Waals surface area contributed by atoms with Crippen LogP contribution in [-0.4, -0.2) is 36.4 Å². The summed E-state index contributed by atoms with van der Waals surface area (Å²) in [6, 6.07) is 27.9. The molecular formula is C24H27NO3. The van der Waals surface area contributed by atoms with Crippen molar-refractivity contribution in [3.05, 3.63) is 96.1 Å². The van der Waals surface area contributed by atoms with Crippen LogP contribution in [0.4, 0.5) is 0 Å². The molecule has 1 atom stereocenters. The van der Waals surface area contributed by atoms with Crippen molar-refractivity contribution in [2.45, 2.75) is 19.2 Å². The van der Waals surface area contributed by atoms with Crippen molar-refractivity contribution in [3.63, 3.8) is 0 Å². The maximum absolute atomic E-state index is 10.5. The van der Waals surface area contributed by atoms with Gasteiger partial charge in [0.05, 0.1) is 7.11 Å². The lowest BCUT2D eigenvalue weighted by Gasteiger charge is -2.25. The van der Waals surface area contributed by atoms with Gasteiger partial charge in [0, 0.05) is 19.6 Å². The molecule has 0 radical (unpaired) electrons. The van der Waals surface area contributed by atoms with Crippen molar-refractivity contribution in [1.29, 1.82) is 0 Å². The summed E-state index contributed by atoms with van der Waals surface area (Å²) in [4.78, 5) is 2.23. The van der Waals surface area contributed by atoms with Gasteiger partial charge in [-0.3, -0.25) is 4.90 Å². The fraction of sp³-hybridized carbons (Fsp3) is 0.250. The van der Waals surface area contributed by atoms with Crippen LogP contribution in [0.1, 0.15) is 11.1 Å². The monoisotopic (exact) mass is 377 g/mol. The highest BCUT2D eigenvalue weighted by Gasteiger charge is 2.14. The standard InChI is InChI=1S/C24H27NO3/c1-27-24-14-8-11-21(15-24)17-25(16-20-9-4-2-5-10-20)18-22(26)19-28-23-12-6-3-7-13-23/h2-15,22,26H,16-19H2,1H3/t22-/m1/s1. The molecule has 0 aliphatic rings. The molecule has 0 bridgehead atoms. The minimum absolute atomic E-state index is 0.257. The summed E-state index contributed by atoms with van der Waals surface area (Å²) in [5.74, 6) is 1.61. The molecule has 0 saturated heterocycles. The lowest BCUT2D eigenvalue weighted by atomic mass is 10.1. The number of ether oxygens (including phenoxy) is 2. The minimum atomic E-state index is -0.588. The van der Waals surface area contributed by atoms with E-state index in [9.17, 15) is 5.11 Å². The Labute approximate surface area is 167 Å². The van der Waals surface area contributed by atoms with Crippen molar-refractivity contribution >= 4 is 0 Å². The SMILES string of the molecule is COc1cccc(CN(Cc2ccccc2)C[C@@H](O)COc2ccccc2)c1. The molecule has 0 spiro atoms. The first-order chi connectivity index (χ1) is 13.7. The molecule has 4 heteroatoms. The van der Waals surface area contributed by atoms with Crippen molar-refractivity contribution < 1.29 is 14.6 Å². The number of aliphatic hydroxyl groups excluding tert-OH is 1. The highest BCUT2D eigenvalue weighted by molar-refractivity contribution is 5.28. The second-order valence-electron chi connectivity index (χ2n) is 6.78. The topological polar surface area (TPSA) is 41.9 Å². The molecule has 0 aromatic heterocycles. The van der Waals surface area contributed by atoms with Crippen LogP contribution in [0.2, 0.25) is 0 Å². The van der Waals surface area contributed by atoms with Gasteiger partial charge in [-0.15, -0.1) is 0 Å². The minimum Gasteiger partial charge on any atom is -0.497 e. The second-order valence-corrected chi connectivity index (χ2v) is 6.78. The lowest BCUT2D eigenvalue weighted by molar-refractivity contribution is 0.0628. The zero-order valence-corrected chi connectivity index (χ0v) is 16.2. The molecule has 0 saturated carbocycles. The van der Waals surface area contributed by atoms with Gasteiger partial charge in [-0.25, -0.2) is 0 Å². The van der Waals surface area contributed by atoms with Gasteiger partial charge in [0.15, 0.2) is 0 Å². The van der Waals surface area contributed by atoms with E-state index in [4.69, 9.17) is 9.47 Å². The number of hydrogen-bond donors (Lipinski definition) is 1. The van der Waals surface area contributed by atoms with E-state index >= 15 is 0 Å². The predicted octanol–water partition coefficient (Wildman–Crippen LogP) is 4.14. The van der Waals surface area contributed by atoms with Crippen molar-refractivity contribution in [2.75, 3.05) is 20.3 Å². The van der Waals surface area contributed by atoms with Gasteiger partial charge in [-0.2, -0.15) is 0 Å². The normalized spacial score (nSPS) is 12.0. The molecule has 4 nitrogen and oxygen atoms in total. The van der Waals surface area contributed by atoms with E-state index in [1.165, 1.54) is 5.56 Å². The van der Waals surface area contributed by atoms with Crippen LogP contribution in [0, 0.1) is 0 Å². The molecule has 0 fully saturated rings. The molecule has 0 heterocycles. The van der Waals surface area contributed by atoms with Crippen LogP contribution in [0.15, 0.2) is 84.9 Å². The molecular weight excluding hydrogens is 350 g/mol. The van der Waals surface area contributed by atoms with Crippen molar-refractivity contribution in [3.8, 4) is 11.5 Å². The fourth-order valence-corrected chi connectivity index (χ4v) is 3.12. The molecule has 0 aliphatic carbocycles. The number of methoxy groups -OCH3 is 1. The zero-order valence-electron chi connectivity index (χ0n) is 16.2. The highest BCUT2D eigenvalue weighted by Crippen LogP contribution is 2.17. The van der Waals surface area contributed by atoms with Gasteiger partial charge in [-0.05, 0) is 35.4 Å². The highest BCUT2D eigenvalue weighted by atomic mass is 16.5. The smallest absolute Gasteiger partial charge is 0.119 e. The average Bonchev–Trinajstić information content (AvgIpc) is 2.74. The summed E-state index contributed by atoms with van der Waals surface area (Å²) in [6.45, 7) is 2.24. The Morgan fingerprint density at radius 1 is 0.786 bits per heavy atom. The molecule has 3 rings (SSSR count). The molecule has 146 valence electrons. The van der Waals surface area contributed by atoms with Crippen LogP contribution in [0.3, 0.4) is 0 Å². The van der Waals surface area contributed by atoms with Gasteiger partial charge in [0.2, 0.25) is 0 Å². The van der Waals surface area contributed by atoms with E-state index in [1.54, 1.807) is 7.11 Å². The Bertz CT molecular complexity index is 824. The number of rotatable bonds is 10. The van der Waals surface area contributed by atoms with Gasteiger partial charge < -0.3 is 14.6 Å². The van der Waals surface area contributed by atoms with Crippen molar-refractivity contribution in [2.24, 2.45) is 0 Å². The van der Waals surface area contributed by atoms with Gasteiger partial charge in [0.25, 0.3) is 0 Å². The largest absolute Gasteiger partial charge is 0.497 e. The Kier molecular flexibility index (Phi) is 7.47. The van der Waals surface area contributed by atoms with Crippen molar-refractivity contribution in [1.82, 2.24) is 4.90 Å². The molecule has 28 heavy (non-hydrogen) atoms. The Morgan fingerprint density at radius 2 is 1.39 bits per heavy atom. The maximum Gasteiger partial charge on any atom is 0.119 e. The molecule has 1 N–H and O–H groups in total. The Morgan fingerprint density at radius 3 is 2.11 bits per heavy atom. The quantitative estimate of drug-likeness (QED) is 0.577. The van der Waals surface area contributed by atoms with E-state index in [2.05, 4.69) is 23.1 Å². The molecule has 0 aliphatic heterocycles.